The normalized spacial score (nSPS) is 52.7. The van der Waals surface area contributed by atoms with Crippen LogP contribution in [-0.2, 0) is 0 Å². The van der Waals surface area contributed by atoms with Gasteiger partial charge in [0.05, 0.1) is 6.10 Å². The minimum atomic E-state index is -0.104. The minimum Gasteiger partial charge on any atom is -0.393 e. The van der Waals surface area contributed by atoms with Crippen LogP contribution in [0.1, 0.15) is 65.2 Å². The number of hydrogen-bond donors (Lipinski definition) is 2. The number of hydrazone groups is 1. The van der Waals surface area contributed by atoms with Gasteiger partial charge in [-0.1, -0.05) is 25.5 Å². The van der Waals surface area contributed by atoms with Gasteiger partial charge < -0.3 is 10.9 Å². The number of allylic oxidation sites excluding steroid dienone is 1. The molecule has 0 aromatic carbocycles. The smallest absolute Gasteiger partial charge is 0.0577 e. The molecule has 0 bridgehead atoms. The SMILES string of the molecule is C[C@]12CC[C@H](O)CC1=CCC1C2CC[C@]2(C)/C(=N/N)CCC12. The zero-order valence-corrected chi connectivity index (χ0v) is 14.0. The van der Waals surface area contributed by atoms with Gasteiger partial charge >= 0.3 is 0 Å². The van der Waals surface area contributed by atoms with Crippen molar-refractivity contribution in [3.63, 3.8) is 0 Å². The highest BCUT2D eigenvalue weighted by Crippen LogP contribution is 2.64. The lowest BCUT2D eigenvalue weighted by Crippen LogP contribution is -2.50. The Labute approximate surface area is 134 Å². The van der Waals surface area contributed by atoms with Crippen LogP contribution in [0.25, 0.3) is 0 Å². The van der Waals surface area contributed by atoms with Gasteiger partial charge in [0.25, 0.3) is 0 Å². The Morgan fingerprint density at radius 1 is 1.14 bits per heavy atom. The molecule has 0 amide bonds. The van der Waals surface area contributed by atoms with E-state index in [1.165, 1.54) is 37.8 Å². The first-order chi connectivity index (χ1) is 10.5. The second kappa shape index (κ2) is 4.83. The number of aliphatic hydroxyl groups is 1. The summed E-state index contributed by atoms with van der Waals surface area (Å²) in [4.78, 5) is 0. The molecule has 3 heteroatoms. The van der Waals surface area contributed by atoms with E-state index < -0.39 is 0 Å². The number of hydrogen-bond acceptors (Lipinski definition) is 3. The topological polar surface area (TPSA) is 58.6 Å². The summed E-state index contributed by atoms with van der Waals surface area (Å²) in [5.74, 6) is 8.04. The third-order valence-corrected chi connectivity index (χ3v) is 7.97. The van der Waals surface area contributed by atoms with Gasteiger partial charge in [0, 0.05) is 11.1 Å². The van der Waals surface area contributed by atoms with Crippen LogP contribution in [0.5, 0.6) is 0 Å². The highest BCUT2D eigenvalue weighted by molar-refractivity contribution is 5.92. The fourth-order valence-electron chi connectivity index (χ4n) is 6.64. The number of nitrogens with two attached hydrogens (primary N) is 1. The number of nitrogens with zero attached hydrogens (tertiary/aromatic N) is 1. The minimum absolute atomic E-state index is 0.104. The molecule has 4 rings (SSSR count). The Kier molecular flexibility index (Phi) is 3.24. The molecule has 4 aliphatic rings. The summed E-state index contributed by atoms with van der Waals surface area (Å²) < 4.78 is 0. The summed E-state index contributed by atoms with van der Waals surface area (Å²) >= 11 is 0. The van der Waals surface area contributed by atoms with Crippen molar-refractivity contribution in [2.45, 2.75) is 71.3 Å². The lowest BCUT2D eigenvalue weighted by Gasteiger charge is -2.57. The van der Waals surface area contributed by atoms with Crippen LogP contribution >= 0.6 is 0 Å². The molecule has 6 atom stereocenters. The zero-order valence-electron chi connectivity index (χ0n) is 14.0. The van der Waals surface area contributed by atoms with Crippen molar-refractivity contribution < 1.29 is 5.11 Å². The maximum atomic E-state index is 10.0. The molecule has 0 saturated heterocycles. The fraction of sp³-hybridized carbons (Fsp3) is 0.842. The maximum Gasteiger partial charge on any atom is 0.0577 e. The summed E-state index contributed by atoms with van der Waals surface area (Å²) in [6.45, 7) is 4.90. The molecule has 3 fully saturated rings. The average Bonchev–Trinajstić information content (AvgIpc) is 2.84. The molecule has 0 aromatic heterocycles. The van der Waals surface area contributed by atoms with E-state index in [4.69, 9.17) is 5.84 Å². The van der Waals surface area contributed by atoms with E-state index in [0.29, 0.717) is 5.41 Å². The van der Waals surface area contributed by atoms with Crippen LogP contribution in [0.15, 0.2) is 16.8 Å². The molecule has 122 valence electrons. The van der Waals surface area contributed by atoms with Crippen molar-refractivity contribution in [2.75, 3.05) is 0 Å². The molecule has 0 spiro atoms. The molecule has 3 nitrogen and oxygen atoms in total. The molecule has 0 aromatic rings. The van der Waals surface area contributed by atoms with Crippen molar-refractivity contribution in [1.82, 2.24) is 0 Å². The molecule has 3 N–H and O–H groups in total. The van der Waals surface area contributed by atoms with Gasteiger partial charge in [0.1, 0.15) is 0 Å². The Bertz CT molecular complexity index is 540. The molecular formula is C19H30N2O. The van der Waals surface area contributed by atoms with Crippen LogP contribution in [0.4, 0.5) is 0 Å². The van der Waals surface area contributed by atoms with E-state index in [9.17, 15) is 5.11 Å². The predicted molar refractivity (Wildman–Crippen MR) is 89.3 cm³/mol. The quantitative estimate of drug-likeness (QED) is 0.408. The Morgan fingerprint density at radius 3 is 2.64 bits per heavy atom. The van der Waals surface area contributed by atoms with E-state index in [0.717, 1.165) is 37.0 Å². The molecule has 4 aliphatic carbocycles. The lowest BCUT2D eigenvalue weighted by molar-refractivity contribution is -0.0209. The van der Waals surface area contributed by atoms with Crippen LogP contribution in [0, 0.1) is 28.6 Å². The number of aliphatic hydroxyl groups excluding tert-OH is 1. The van der Waals surface area contributed by atoms with Gasteiger partial charge in [0.15, 0.2) is 0 Å². The standard InChI is InChI=1S/C19H30N2O/c1-18-9-7-13(22)11-12(18)3-4-14-15-5-6-17(21-20)19(15,2)10-8-16(14)18/h3,13-16,22H,4-11,20H2,1-2H3/b21-17+/t13-,14?,15?,16?,18-,19-/m0/s1. The van der Waals surface area contributed by atoms with Gasteiger partial charge in [-0.05, 0) is 74.5 Å². The van der Waals surface area contributed by atoms with E-state index in [-0.39, 0.29) is 11.5 Å². The first-order valence-electron chi connectivity index (χ1n) is 9.14. The van der Waals surface area contributed by atoms with Crippen molar-refractivity contribution in [3.8, 4) is 0 Å². The summed E-state index contributed by atoms with van der Waals surface area (Å²) in [6.07, 6.45) is 11.6. The van der Waals surface area contributed by atoms with Crippen molar-refractivity contribution in [1.29, 1.82) is 0 Å². The molecule has 0 radical (unpaired) electrons. The van der Waals surface area contributed by atoms with Gasteiger partial charge in [-0.25, -0.2) is 0 Å². The zero-order chi connectivity index (χ0) is 15.5. The van der Waals surface area contributed by atoms with Crippen molar-refractivity contribution >= 4 is 5.71 Å². The molecule has 3 unspecified atom stereocenters. The van der Waals surface area contributed by atoms with Gasteiger partial charge in [0.2, 0.25) is 0 Å². The van der Waals surface area contributed by atoms with Crippen LogP contribution in [0.3, 0.4) is 0 Å². The first-order valence-corrected chi connectivity index (χ1v) is 9.14. The maximum absolute atomic E-state index is 10.0. The van der Waals surface area contributed by atoms with Crippen molar-refractivity contribution in [2.24, 2.45) is 39.5 Å². The first kappa shape index (κ1) is 14.7. The number of fused-ring (bicyclic) bond motifs is 5. The van der Waals surface area contributed by atoms with Crippen LogP contribution < -0.4 is 5.84 Å². The van der Waals surface area contributed by atoms with E-state index in [1.54, 1.807) is 5.57 Å². The largest absolute Gasteiger partial charge is 0.393 e. The lowest BCUT2D eigenvalue weighted by atomic mass is 9.48. The Morgan fingerprint density at radius 2 is 1.86 bits per heavy atom. The van der Waals surface area contributed by atoms with Crippen molar-refractivity contribution in [3.05, 3.63) is 11.6 Å². The van der Waals surface area contributed by atoms with E-state index >= 15 is 0 Å². The highest BCUT2D eigenvalue weighted by atomic mass is 16.3. The third-order valence-electron chi connectivity index (χ3n) is 7.97. The van der Waals surface area contributed by atoms with Gasteiger partial charge in [-0.3, -0.25) is 0 Å². The molecular weight excluding hydrogens is 272 g/mol. The Balaban J connectivity index is 1.69. The van der Waals surface area contributed by atoms with E-state index in [1.807, 2.05) is 0 Å². The third kappa shape index (κ3) is 1.81. The second-order valence-corrected chi connectivity index (χ2v) is 8.73. The fourth-order valence-corrected chi connectivity index (χ4v) is 6.64. The van der Waals surface area contributed by atoms with Gasteiger partial charge in [-0.15, -0.1) is 0 Å². The van der Waals surface area contributed by atoms with Crippen LogP contribution in [-0.4, -0.2) is 16.9 Å². The Hall–Kier alpha value is -0.830. The summed E-state index contributed by atoms with van der Waals surface area (Å²) in [5, 5.41) is 14.2. The second-order valence-electron chi connectivity index (χ2n) is 8.73. The highest BCUT2D eigenvalue weighted by Gasteiger charge is 2.57. The molecule has 22 heavy (non-hydrogen) atoms. The monoisotopic (exact) mass is 302 g/mol. The predicted octanol–water partition coefficient (Wildman–Crippen LogP) is 3.62. The number of rotatable bonds is 0. The summed E-state index contributed by atoms with van der Waals surface area (Å²) in [6, 6.07) is 0. The molecule has 3 saturated carbocycles. The summed E-state index contributed by atoms with van der Waals surface area (Å²) in [7, 11) is 0. The van der Waals surface area contributed by atoms with E-state index in [2.05, 4.69) is 25.0 Å². The van der Waals surface area contributed by atoms with Crippen LogP contribution in [0.2, 0.25) is 0 Å². The molecule has 0 heterocycles. The summed E-state index contributed by atoms with van der Waals surface area (Å²) in [5.41, 5.74) is 3.43. The average molecular weight is 302 g/mol. The molecule has 0 aliphatic heterocycles. The van der Waals surface area contributed by atoms with Gasteiger partial charge in [-0.2, -0.15) is 5.10 Å².